The van der Waals surface area contributed by atoms with Gasteiger partial charge >= 0.3 is 0 Å². The van der Waals surface area contributed by atoms with Crippen LogP contribution in [0.5, 0.6) is 0 Å². The number of rotatable bonds is 4. The van der Waals surface area contributed by atoms with E-state index in [0.717, 1.165) is 37.8 Å². The molecule has 1 amide bonds. The van der Waals surface area contributed by atoms with Gasteiger partial charge in [0.15, 0.2) is 0 Å². The van der Waals surface area contributed by atoms with Crippen LogP contribution < -0.4 is 0 Å². The van der Waals surface area contributed by atoms with Crippen molar-refractivity contribution in [2.45, 2.75) is 38.1 Å². The first kappa shape index (κ1) is 14.8. The topological polar surface area (TPSA) is 20.3 Å². The molecule has 1 atom stereocenters. The van der Waals surface area contributed by atoms with Gasteiger partial charge in [-0.05, 0) is 49.8 Å². The summed E-state index contributed by atoms with van der Waals surface area (Å²) >= 11 is 0. The summed E-state index contributed by atoms with van der Waals surface area (Å²) in [5.41, 5.74) is 2.18. The van der Waals surface area contributed by atoms with Gasteiger partial charge in [0.25, 0.3) is 5.91 Å². The van der Waals surface area contributed by atoms with Gasteiger partial charge in [-0.1, -0.05) is 48.5 Å². The molecule has 0 radical (unpaired) electrons. The first-order chi connectivity index (χ1) is 10.8. The first-order valence-electron chi connectivity index (χ1n) is 8.24. The van der Waals surface area contributed by atoms with E-state index < -0.39 is 0 Å². The molecule has 0 aromatic heterocycles. The fourth-order valence-corrected chi connectivity index (χ4v) is 3.29. The lowest BCUT2D eigenvalue weighted by Gasteiger charge is -2.36. The standard InChI is InChI=1S/C20H23NO/c22-20(18-11-5-2-6-12-18)21-16-8-7-13-19(21)15-14-17-9-3-1-4-10-17/h1-6,9-12,19H,7-8,13-16H2/t19-/m0/s1. The van der Waals surface area contributed by atoms with Crippen molar-refractivity contribution in [2.75, 3.05) is 6.54 Å². The molecule has 0 N–H and O–H groups in total. The van der Waals surface area contributed by atoms with Gasteiger partial charge in [0.2, 0.25) is 0 Å². The Bertz CT molecular complexity index is 594. The highest BCUT2D eigenvalue weighted by atomic mass is 16.2. The Morgan fingerprint density at radius 2 is 1.64 bits per heavy atom. The zero-order valence-electron chi connectivity index (χ0n) is 12.9. The summed E-state index contributed by atoms with van der Waals surface area (Å²) in [5.74, 6) is 0.193. The number of likely N-dealkylation sites (tertiary alicyclic amines) is 1. The van der Waals surface area contributed by atoms with Gasteiger partial charge in [0, 0.05) is 18.2 Å². The van der Waals surface area contributed by atoms with Gasteiger partial charge in [0.1, 0.15) is 0 Å². The van der Waals surface area contributed by atoms with Crippen LogP contribution in [0.3, 0.4) is 0 Å². The Kier molecular flexibility index (Phi) is 4.89. The van der Waals surface area contributed by atoms with Gasteiger partial charge in [-0.2, -0.15) is 0 Å². The second-order valence-electron chi connectivity index (χ2n) is 6.04. The van der Waals surface area contributed by atoms with Crippen molar-refractivity contribution in [1.82, 2.24) is 4.90 Å². The van der Waals surface area contributed by atoms with Crippen LogP contribution in [0, 0.1) is 0 Å². The number of hydrogen-bond acceptors (Lipinski definition) is 1. The highest BCUT2D eigenvalue weighted by molar-refractivity contribution is 5.94. The predicted molar refractivity (Wildman–Crippen MR) is 89.9 cm³/mol. The summed E-state index contributed by atoms with van der Waals surface area (Å²) in [5, 5.41) is 0. The molecule has 2 aromatic rings. The minimum absolute atomic E-state index is 0.193. The van der Waals surface area contributed by atoms with Gasteiger partial charge in [-0.15, -0.1) is 0 Å². The van der Waals surface area contributed by atoms with Crippen LogP contribution >= 0.6 is 0 Å². The van der Waals surface area contributed by atoms with E-state index in [0.29, 0.717) is 6.04 Å². The Labute approximate surface area is 132 Å². The normalized spacial score (nSPS) is 18.2. The quantitative estimate of drug-likeness (QED) is 0.822. The fourth-order valence-electron chi connectivity index (χ4n) is 3.29. The Morgan fingerprint density at radius 3 is 2.36 bits per heavy atom. The SMILES string of the molecule is O=C(c1ccccc1)N1CCCC[C@H]1CCc1ccccc1. The smallest absolute Gasteiger partial charge is 0.254 e. The monoisotopic (exact) mass is 293 g/mol. The zero-order valence-corrected chi connectivity index (χ0v) is 12.9. The van der Waals surface area contributed by atoms with Crippen molar-refractivity contribution in [1.29, 1.82) is 0 Å². The second-order valence-corrected chi connectivity index (χ2v) is 6.04. The van der Waals surface area contributed by atoms with E-state index >= 15 is 0 Å². The van der Waals surface area contributed by atoms with Crippen LogP contribution in [0.25, 0.3) is 0 Å². The number of carbonyl (C=O) groups excluding carboxylic acids is 1. The predicted octanol–water partition coefficient (Wildman–Crippen LogP) is 4.31. The van der Waals surface area contributed by atoms with E-state index in [1.165, 1.54) is 12.0 Å². The van der Waals surface area contributed by atoms with Crippen LogP contribution in [0.1, 0.15) is 41.6 Å². The zero-order chi connectivity index (χ0) is 15.2. The highest BCUT2D eigenvalue weighted by Gasteiger charge is 2.26. The van der Waals surface area contributed by atoms with E-state index in [9.17, 15) is 4.79 Å². The van der Waals surface area contributed by atoms with E-state index in [1.54, 1.807) is 0 Å². The summed E-state index contributed by atoms with van der Waals surface area (Å²) < 4.78 is 0. The molecular formula is C20H23NO. The molecule has 22 heavy (non-hydrogen) atoms. The van der Waals surface area contributed by atoms with E-state index in [4.69, 9.17) is 0 Å². The molecule has 1 aliphatic rings. The number of aryl methyl sites for hydroxylation is 1. The number of piperidine rings is 1. The summed E-state index contributed by atoms with van der Waals surface area (Å²) in [6, 6.07) is 20.6. The van der Waals surface area contributed by atoms with Gasteiger partial charge in [0.05, 0.1) is 0 Å². The van der Waals surface area contributed by atoms with Gasteiger partial charge in [-0.3, -0.25) is 4.79 Å². The third kappa shape index (κ3) is 3.56. The number of carbonyl (C=O) groups is 1. The summed E-state index contributed by atoms with van der Waals surface area (Å²) in [7, 11) is 0. The molecule has 0 aliphatic carbocycles. The van der Waals surface area contributed by atoms with E-state index in [1.807, 2.05) is 30.3 Å². The van der Waals surface area contributed by atoms with Crippen molar-refractivity contribution in [2.24, 2.45) is 0 Å². The Morgan fingerprint density at radius 1 is 0.955 bits per heavy atom. The molecule has 2 nitrogen and oxygen atoms in total. The van der Waals surface area contributed by atoms with Crippen LogP contribution in [-0.4, -0.2) is 23.4 Å². The number of nitrogens with zero attached hydrogens (tertiary/aromatic N) is 1. The molecule has 0 spiro atoms. The molecule has 1 aliphatic heterocycles. The molecule has 114 valence electrons. The van der Waals surface area contributed by atoms with Crippen LogP contribution in [0.2, 0.25) is 0 Å². The van der Waals surface area contributed by atoms with Crippen LogP contribution in [0.15, 0.2) is 60.7 Å². The van der Waals surface area contributed by atoms with Crippen molar-refractivity contribution in [3.63, 3.8) is 0 Å². The average Bonchev–Trinajstić information content (AvgIpc) is 2.61. The largest absolute Gasteiger partial charge is 0.336 e. The minimum atomic E-state index is 0.193. The Hall–Kier alpha value is -2.09. The number of amides is 1. The lowest BCUT2D eigenvalue weighted by molar-refractivity contribution is 0.0602. The van der Waals surface area contributed by atoms with Crippen molar-refractivity contribution >= 4 is 5.91 Å². The molecule has 0 saturated carbocycles. The maximum atomic E-state index is 12.7. The van der Waals surface area contributed by atoms with Gasteiger partial charge < -0.3 is 4.90 Å². The van der Waals surface area contributed by atoms with Crippen LogP contribution in [-0.2, 0) is 6.42 Å². The lowest BCUT2D eigenvalue weighted by Crippen LogP contribution is -2.44. The first-order valence-corrected chi connectivity index (χ1v) is 8.24. The fraction of sp³-hybridized carbons (Fsp3) is 0.350. The lowest BCUT2D eigenvalue weighted by atomic mass is 9.95. The molecule has 3 rings (SSSR count). The maximum Gasteiger partial charge on any atom is 0.254 e. The summed E-state index contributed by atoms with van der Waals surface area (Å²) in [4.78, 5) is 14.8. The molecule has 2 heteroatoms. The summed E-state index contributed by atoms with van der Waals surface area (Å²) in [6.07, 6.45) is 5.59. The third-order valence-electron chi connectivity index (χ3n) is 4.52. The molecule has 1 heterocycles. The van der Waals surface area contributed by atoms with Crippen molar-refractivity contribution in [3.05, 3.63) is 71.8 Å². The summed E-state index contributed by atoms with van der Waals surface area (Å²) in [6.45, 7) is 0.896. The average molecular weight is 293 g/mol. The highest BCUT2D eigenvalue weighted by Crippen LogP contribution is 2.23. The molecular weight excluding hydrogens is 270 g/mol. The maximum absolute atomic E-state index is 12.7. The Balaban J connectivity index is 1.67. The third-order valence-corrected chi connectivity index (χ3v) is 4.52. The number of benzene rings is 2. The van der Waals surface area contributed by atoms with Crippen molar-refractivity contribution < 1.29 is 4.79 Å². The van der Waals surface area contributed by atoms with E-state index in [-0.39, 0.29) is 5.91 Å². The van der Waals surface area contributed by atoms with Crippen molar-refractivity contribution in [3.8, 4) is 0 Å². The number of hydrogen-bond donors (Lipinski definition) is 0. The van der Waals surface area contributed by atoms with Gasteiger partial charge in [-0.25, -0.2) is 0 Å². The molecule has 0 bridgehead atoms. The molecule has 0 unspecified atom stereocenters. The van der Waals surface area contributed by atoms with E-state index in [2.05, 4.69) is 35.2 Å². The second kappa shape index (κ2) is 7.26. The molecule has 2 aromatic carbocycles. The minimum Gasteiger partial charge on any atom is -0.336 e. The molecule has 1 fully saturated rings. The molecule has 1 saturated heterocycles. The van der Waals surface area contributed by atoms with Crippen LogP contribution in [0.4, 0.5) is 0 Å².